The van der Waals surface area contributed by atoms with Crippen molar-refractivity contribution in [1.29, 1.82) is 0 Å². The van der Waals surface area contributed by atoms with Crippen LogP contribution in [0.2, 0.25) is 0 Å². The number of hydrogen-bond donors (Lipinski definition) is 0. The molecule has 0 saturated carbocycles. The molecule has 2 aromatic carbocycles. The largest absolute Gasteiger partial charge is 0.371 e. The van der Waals surface area contributed by atoms with Gasteiger partial charge in [-0.25, -0.2) is 13.8 Å². The fraction of sp³-hybridized carbons (Fsp3) is 0.423. The summed E-state index contributed by atoms with van der Waals surface area (Å²) in [6.07, 6.45) is 4.71. The molecule has 2 aliphatic rings. The van der Waals surface area contributed by atoms with E-state index in [4.69, 9.17) is 4.98 Å². The minimum atomic E-state index is -2.81. The first-order valence-corrected chi connectivity index (χ1v) is 11.4. The number of hydrogen-bond acceptors (Lipinski definition) is 3. The number of anilines is 2. The maximum absolute atomic E-state index is 14.8. The lowest BCUT2D eigenvalue weighted by Crippen LogP contribution is -2.27. The fourth-order valence-corrected chi connectivity index (χ4v) is 4.95. The van der Waals surface area contributed by atoms with Crippen molar-refractivity contribution in [3.8, 4) is 0 Å². The summed E-state index contributed by atoms with van der Waals surface area (Å²) >= 11 is 0. The second kappa shape index (κ2) is 8.10. The van der Waals surface area contributed by atoms with Gasteiger partial charge in [-0.1, -0.05) is 48.7 Å². The van der Waals surface area contributed by atoms with Gasteiger partial charge in [-0.05, 0) is 37.5 Å². The van der Waals surface area contributed by atoms with Crippen molar-refractivity contribution in [2.24, 2.45) is 0 Å². The number of alkyl halides is 2. The zero-order valence-corrected chi connectivity index (χ0v) is 18.1. The van der Waals surface area contributed by atoms with Gasteiger partial charge in [-0.15, -0.1) is 0 Å². The van der Waals surface area contributed by atoms with Crippen molar-refractivity contribution in [1.82, 2.24) is 4.98 Å². The van der Waals surface area contributed by atoms with Gasteiger partial charge in [0.05, 0.1) is 5.52 Å². The molecule has 0 amide bonds. The van der Waals surface area contributed by atoms with Crippen LogP contribution in [0.15, 0.2) is 48.5 Å². The van der Waals surface area contributed by atoms with Gasteiger partial charge < -0.3 is 9.80 Å². The van der Waals surface area contributed by atoms with E-state index >= 15 is 0 Å². The van der Waals surface area contributed by atoms with E-state index in [0.29, 0.717) is 12.1 Å². The summed E-state index contributed by atoms with van der Waals surface area (Å²) in [6.45, 7) is 4.91. The molecule has 1 fully saturated rings. The molecule has 162 valence electrons. The number of nitrogens with zero attached hydrogens (tertiary/aromatic N) is 3. The normalized spacial score (nSPS) is 19.1. The van der Waals surface area contributed by atoms with E-state index in [1.54, 1.807) is 12.1 Å². The smallest absolute Gasteiger partial charge is 0.275 e. The van der Waals surface area contributed by atoms with Crippen LogP contribution in [0.4, 0.5) is 20.3 Å². The second-order valence-corrected chi connectivity index (χ2v) is 8.95. The lowest BCUT2D eigenvalue weighted by atomic mass is 10.0. The van der Waals surface area contributed by atoms with E-state index in [0.717, 1.165) is 29.8 Å². The first kappa shape index (κ1) is 20.2. The number of rotatable bonds is 2. The van der Waals surface area contributed by atoms with E-state index in [1.165, 1.54) is 36.9 Å². The monoisotopic (exact) mass is 421 g/mol. The highest BCUT2D eigenvalue weighted by Gasteiger charge is 2.37. The highest BCUT2D eigenvalue weighted by Crippen LogP contribution is 2.39. The van der Waals surface area contributed by atoms with Gasteiger partial charge in [-0.3, -0.25) is 0 Å². The zero-order chi connectivity index (χ0) is 21.4. The van der Waals surface area contributed by atoms with Crippen LogP contribution < -0.4 is 9.80 Å². The molecule has 0 radical (unpaired) electrons. The summed E-state index contributed by atoms with van der Waals surface area (Å²) in [5, 5.41) is 1.16. The lowest BCUT2D eigenvalue weighted by Gasteiger charge is -2.28. The van der Waals surface area contributed by atoms with Crippen LogP contribution in [0, 0.1) is 6.92 Å². The number of aryl methyl sites for hydroxylation is 1. The number of fused-ring (bicyclic) bond motifs is 2. The van der Waals surface area contributed by atoms with Crippen molar-refractivity contribution >= 4 is 22.4 Å². The Balaban J connectivity index is 1.59. The summed E-state index contributed by atoms with van der Waals surface area (Å²) in [5.41, 5.74) is 4.18. The molecule has 1 saturated heterocycles. The summed E-state index contributed by atoms with van der Waals surface area (Å²) in [5.74, 6) is -2.02. The molecule has 5 heteroatoms. The summed E-state index contributed by atoms with van der Waals surface area (Å²) in [6, 6.07) is 15.4. The van der Waals surface area contributed by atoms with Gasteiger partial charge in [0.15, 0.2) is 0 Å². The van der Waals surface area contributed by atoms with Crippen molar-refractivity contribution < 1.29 is 8.78 Å². The average Bonchev–Trinajstić information content (AvgIpc) is 3.11. The molecule has 3 aromatic rings. The number of benzene rings is 2. The Labute approximate surface area is 182 Å². The van der Waals surface area contributed by atoms with Gasteiger partial charge >= 0.3 is 0 Å². The minimum absolute atomic E-state index is 0.154. The Kier molecular flexibility index (Phi) is 5.28. The van der Waals surface area contributed by atoms with Crippen molar-refractivity contribution in [3.05, 3.63) is 65.2 Å². The van der Waals surface area contributed by atoms with Gasteiger partial charge in [0.25, 0.3) is 5.92 Å². The molecule has 0 bridgehead atoms. The molecular weight excluding hydrogens is 392 g/mol. The minimum Gasteiger partial charge on any atom is -0.371 e. The molecule has 3 nitrogen and oxygen atoms in total. The lowest BCUT2D eigenvalue weighted by molar-refractivity contribution is -0.00967. The maximum Gasteiger partial charge on any atom is 0.275 e. The van der Waals surface area contributed by atoms with Crippen molar-refractivity contribution in [2.75, 3.05) is 29.4 Å². The molecule has 0 N–H and O–H groups in total. The van der Waals surface area contributed by atoms with Crippen molar-refractivity contribution in [2.45, 2.75) is 51.5 Å². The molecule has 5 rings (SSSR count). The molecule has 0 spiro atoms. The number of aromatic nitrogens is 1. The summed E-state index contributed by atoms with van der Waals surface area (Å²) in [7, 11) is 0. The van der Waals surface area contributed by atoms with E-state index in [2.05, 4.69) is 36.1 Å². The van der Waals surface area contributed by atoms with Gasteiger partial charge in [0.1, 0.15) is 5.82 Å². The van der Waals surface area contributed by atoms with Crippen LogP contribution in [-0.4, -0.2) is 24.6 Å². The highest BCUT2D eigenvalue weighted by molar-refractivity contribution is 5.94. The molecule has 31 heavy (non-hydrogen) atoms. The van der Waals surface area contributed by atoms with E-state index in [9.17, 15) is 8.78 Å². The predicted molar refractivity (Wildman–Crippen MR) is 123 cm³/mol. The fourth-order valence-electron chi connectivity index (χ4n) is 4.95. The topological polar surface area (TPSA) is 19.4 Å². The molecule has 2 aliphatic heterocycles. The summed E-state index contributed by atoms with van der Waals surface area (Å²) in [4.78, 5) is 9.44. The maximum atomic E-state index is 14.8. The third-order valence-electron chi connectivity index (χ3n) is 6.67. The molecule has 0 atom stereocenters. The van der Waals surface area contributed by atoms with Crippen molar-refractivity contribution in [3.63, 3.8) is 0 Å². The standard InChI is InChI=1S/C26H29F2N3/c1-19-10-11-23-21(16-19)24(30-13-6-2-3-7-14-30)17-25(29-23)31-15-12-26(27,28)22-9-5-4-8-20(22)18-31/h4-5,8-11,16-17H,2-3,6-7,12-15,18H2,1H3. The van der Waals surface area contributed by atoms with Crippen LogP contribution in [0.1, 0.15) is 48.8 Å². The Morgan fingerprint density at radius 2 is 1.65 bits per heavy atom. The average molecular weight is 422 g/mol. The van der Waals surface area contributed by atoms with Crippen LogP contribution in [0.3, 0.4) is 0 Å². The van der Waals surface area contributed by atoms with Crippen LogP contribution in [-0.2, 0) is 12.5 Å². The third-order valence-corrected chi connectivity index (χ3v) is 6.67. The number of halogens is 2. The quantitative estimate of drug-likeness (QED) is 0.476. The molecular formula is C26H29F2N3. The van der Waals surface area contributed by atoms with Crippen LogP contribution >= 0.6 is 0 Å². The van der Waals surface area contributed by atoms with Crippen LogP contribution in [0.25, 0.3) is 10.9 Å². The van der Waals surface area contributed by atoms with Gasteiger partial charge in [0.2, 0.25) is 0 Å². The molecule has 0 unspecified atom stereocenters. The Morgan fingerprint density at radius 3 is 2.45 bits per heavy atom. The van der Waals surface area contributed by atoms with Gasteiger partial charge in [0, 0.05) is 55.3 Å². The first-order valence-electron chi connectivity index (χ1n) is 11.4. The van der Waals surface area contributed by atoms with E-state index in [1.807, 2.05) is 17.0 Å². The first-order chi connectivity index (χ1) is 15.0. The van der Waals surface area contributed by atoms with E-state index in [-0.39, 0.29) is 18.5 Å². The molecule has 0 aliphatic carbocycles. The SMILES string of the molecule is Cc1ccc2nc(N3CCC(F)(F)c4ccccc4C3)cc(N3CCCCCC3)c2c1. The Bertz CT molecular complexity index is 1090. The highest BCUT2D eigenvalue weighted by atomic mass is 19.3. The molecule has 1 aromatic heterocycles. The Hall–Kier alpha value is -2.69. The predicted octanol–water partition coefficient (Wildman–Crippen LogP) is 6.43. The molecule has 3 heterocycles. The second-order valence-electron chi connectivity index (χ2n) is 8.95. The zero-order valence-electron chi connectivity index (χ0n) is 18.1. The van der Waals surface area contributed by atoms with E-state index < -0.39 is 5.92 Å². The van der Waals surface area contributed by atoms with Crippen LogP contribution in [0.5, 0.6) is 0 Å². The summed E-state index contributed by atoms with van der Waals surface area (Å²) < 4.78 is 29.6. The number of pyridine rings is 1. The van der Waals surface area contributed by atoms with Gasteiger partial charge in [-0.2, -0.15) is 0 Å². The Morgan fingerprint density at radius 1 is 0.871 bits per heavy atom. The third kappa shape index (κ3) is 3.98.